The van der Waals surface area contributed by atoms with E-state index in [9.17, 15) is 9.59 Å². The first-order chi connectivity index (χ1) is 18.9. The average molecular weight is 526 g/mol. The third-order valence-electron chi connectivity index (χ3n) is 6.65. The Morgan fingerprint density at radius 2 is 1.67 bits per heavy atom. The number of methoxy groups -OCH3 is 1. The molecule has 1 saturated heterocycles. The van der Waals surface area contributed by atoms with Crippen molar-refractivity contribution in [2.45, 2.75) is 6.92 Å². The van der Waals surface area contributed by atoms with Crippen molar-refractivity contribution in [3.8, 4) is 22.9 Å². The molecular formula is C30H31N5O4. The van der Waals surface area contributed by atoms with Crippen molar-refractivity contribution in [1.82, 2.24) is 19.6 Å². The van der Waals surface area contributed by atoms with Crippen LogP contribution in [0.1, 0.15) is 15.9 Å². The van der Waals surface area contributed by atoms with E-state index in [1.807, 2.05) is 42.2 Å². The minimum atomic E-state index is -0.402. The predicted octanol–water partition coefficient (Wildman–Crippen LogP) is 4.47. The number of nitrogens with zero attached hydrogens (tertiary/aromatic N) is 4. The summed E-state index contributed by atoms with van der Waals surface area (Å²) in [6.45, 7) is 5.00. The number of carbonyl (C=O) groups is 1. The number of amides is 1. The zero-order valence-electron chi connectivity index (χ0n) is 22.3. The van der Waals surface area contributed by atoms with E-state index in [0.29, 0.717) is 41.5 Å². The number of piperazine rings is 1. The molecular weight excluding hydrogens is 494 g/mol. The number of ether oxygens (including phenoxy) is 2. The van der Waals surface area contributed by atoms with Gasteiger partial charge in [0.25, 0.3) is 11.5 Å². The summed E-state index contributed by atoms with van der Waals surface area (Å²) in [7, 11) is 3.64. The summed E-state index contributed by atoms with van der Waals surface area (Å²) in [5.41, 5.74) is 2.54. The number of rotatable bonds is 7. The Hall–Kier alpha value is -4.63. The van der Waals surface area contributed by atoms with Crippen molar-refractivity contribution in [2.75, 3.05) is 45.7 Å². The summed E-state index contributed by atoms with van der Waals surface area (Å²) in [4.78, 5) is 31.0. The highest BCUT2D eigenvalue weighted by molar-refractivity contribution is 5.95. The molecule has 1 aromatic heterocycles. The van der Waals surface area contributed by atoms with Crippen LogP contribution in [0.25, 0.3) is 5.69 Å². The molecule has 9 heteroatoms. The maximum absolute atomic E-state index is 13.7. The Labute approximate surface area is 227 Å². The number of benzene rings is 3. The van der Waals surface area contributed by atoms with Crippen molar-refractivity contribution >= 4 is 17.3 Å². The lowest BCUT2D eigenvalue weighted by atomic mass is 10.1. The molecule has 39 heavy (non-hydrogen) atoms. The second kappa shape index (κ2) is 11.4. The number of hydrogen-bond acceptors (Lipinski definition) is 7. The van der Waals surface area contributed by atoms with E-state index in [4.69, 9.17) is 9.47 Å². The van der Waals surface area contributed by atoms with Gasteiger partial charge in [-0.2, -0.15) is 9.78 Å². The quantitative estimate of drug-likeness (QED) is 0.381. The molecule has 1 aliphatic heterocycles. The molecule has 0 spiro atoms. The molecule has 4 aromatic rings. The Bertz CT molecular complexity index is 1530. The fourth-order valence-electron chi connectivity index (χ4n) is 4.41. The van der Waals surface area contributed by atoms with Gasteiger partial charge in [-0.05, 0) is 74.1 Å². The van der Waals surface area contributed by atoms with Crippen molar-refractivity contribution in [2.24, 2.45) is 0 Å². The first-order valence-electron chi connectivity index (χ1n) is 12.8. The van der Waals surface area contributed by atoms with Crippen molar-refractivity contribution in [3.05, 3.63) is 100 Å². The minimum Gasteiger partial charge on any atom is -0.497 e. The van der Waals surface area contributed by atoms with Gasteiger partial charge in [0.2, 0.25) is 0 Å². The first-order valence-corrected chi connectivity index (χ1v) is 12.8. The number of anilines is 2. The highest BCUT2D eigenvalue weighted by atomic mass is 16.5. The van der Waals surface area contributed by atoms with E-state index in [1.54, 1.807) is 49.6 Å². The Morgan fingerprint density at radius 1 is 0.923 bits per heavy atom. The fraction of sp³-hybridized carbons (Fsp3) is 0.233. The zero-order valence-corrected chi connectivity index (χ0v) is 22.3. The van der Waals surface area contributed by atoms with Gasteiger partial charge < -0.3 is 24.6 Å². The summed E-state index contributed by atoms with van der Waals surface area (Å²) in [5.74, 6) is 1.49. The van der Waals surface area contributed by atoms with E-state index < -0.39 is 5.56 Å². The number of nitrogens with one attached hydrogen (secondary N) is 1. The molecule has 0 aliphatic carbocycles. The van der Waals surface area contributed by atoms with Crippen molar-refractivity contribution in [1.29, 1.82) is 0 Å². The molecule has 5 rings (SSSR count). The molecule has 3 aromatic carbocycles. The molecule has 0 radical (unpaired) electrons. The van der Waals surface area contributed by atoms with E-state index in [1.165, 1.54) is 10.9 Å². The largest absolute Gasteiger partial charge is 0.497 e. The van der Waals surface area contributed by atoms with Crippen molar-refractivity contribution < 1.29 is 14.3 Å². The standard InChI is InChI=1S/C30H31N5O4/c1-21-6-4-9-26(18-21)39-27-20-31-35(24-10-12-25(38-3)13-11-24)30(37)28(27)32-23-8-5-7-22(19-23)29(36)34-16-14-33(2)15-17-34/h4-13,18-20,32H,14-17H2,1-3H3. The lowest BCUT2D eigenvalue weighted by Gasteiger charge is -2.32. The van der Waals surface area contributed by atoms with Gasteiger partial charge in [0.15, 0.2) is 11.4 Å². The van der Waals surface area contributed by atoms with Crippen LogP contribution in [0.15, 0.2) is 83.8 Å². The predicted molar refractivity (Wildman–Crippen MR) is 151 cm³/mol. The zero-order chi connectivity index (χ0) is 27.4. The highest BCUT2D eigenvalue weighted by Gasteiger charge is 2.21. The Morgan fingerprint density at radius 3 is 2.38 bits per heavy atom. The number of aryl methyl sites for hydroxylation is 1. The van der Waals surface area contributed by atoms with Crippen LogP contribution in [0.3, 0.4) is 0 Å². The van der Waals surface area contributed by atoms with Gasteiger partial charge in [0.1, 0.15) is 11.5 Å². The SMILES string of the molecule is COc1ccc(-n2ncc(Oc3cccc(C)c3)c(Nc3cccc(C(=O)N4CCN(C)CC4)c3)c2=O)cc1. The van der Waals surface area contributed by atoms with Gasteiger partial charge in [0.05, 0.1) is 19.0 Å². The molecule has 1 N–H and O–H groups in total. The summed E-state index contributed by atoms with van der Waals surface area (Å²) >= 11 is 0. The Kier molecular flexibility index (Phi) is 7.60. The molecule has 9 nitrogen and oxygen atoms in total. The van der Waals surface area contributed by atoms with Gasteiger partial charge in [-0.15, -0.1) is 0 Å². The molecule has 1 fully saturated rings. The fourth-order valence-corrected chi connectivity index (χ4v) is 4.41. The van der Waals surface area contributed by atoms with Crippen LogP contribution in [-0.2, 0) is 0 Å². The van der Waals surface area contributed by atoms with E-state index in [-0.39, 0.29) is 17.3 Å². The molecule has 0 saturated carbocycles. The topological polar surface area (TPSA) is 88.9 Å². The van der Waals surface area contributed by atoms with Crippen LogP contribution in [-0.4, -0.2) is 65.8 Å². The van der Waals surface area contributed by atoms with Crippen LogP contribution in [0, 0.1) is 6.92 Å². The first kappa shape index (κ1) is 26.0. The number of likely N-dealkylation sites (N-methyl/N-ethyl adjacent to an activating group) is 1. The third kappa shape index (κ3) is 5.94. The Balaban J connectivity index is 1.50. The summed E-state index contributed by atoms with van der Waals surface area (Å²) in [6, 6.07) is 21.8. The van der Waals surface area contributed by atoms with Gasteiger partial charge in [-0.1, -0.05) is 18.2 Å². The van der Waals surface area contributed by atoms with Crippen molar-refractivity contribution in [3.63, 3.8) is 0 Å². The molecule has 2 heterocycles. The minimum absolute atomic E-state index is 0.0339. The normalized spacial score (nSPS) is 13.7. The van der Waals surface area contributed by atoms with E-state index in [2.05, 4.69) is 22.4 Å². The van der Waals surface area contributed by atoms with Gasteiger partial charge in [0, 0.05) is 37.4 Å². The number of carbonyl (C=O) groups excluding carboxylic acids is 1. The molecule has 200 valence electrons. The summed E-state index contributed by atoms with van der Waals surface area (Å²) < 4.78 is 12.7. The van der Waals surface area contributed by atoms with E-state index >= 15 is 0 Å². The third-order valence-corrected chi connectivity index (χ3v) is 6.65. The molecule has 0 atom stereocenters. The van der Waals surface area contributed by atoms with Crippen LogP contribution in [0.5, 0.6) is 17.2 Å². The molecule has 1 aliphatic rings. The van der Waals surface area contributed by atoms with Gasteiger partial charge >= 0.3 is 0 Å². The monoisotopic (exact) mass is 525 g/mol. The lowest BCUT2D eigenvalue weighted by molar-refractivity contribution is 0.0664. The lowest BCUT2D eigenvalue weighted by Crippen LogP contribution is -2.47. The number of hydrogen-bond donors (Lipinski definition) is 1. The molecule has 0 bridgehead atoms. The highest BCUT2D eigenvalue weighted by Crippen LogP contribution is 2.30. The van der Waals surface area contributed by atoms with Gasteiger partial charge in [-0.3, -0.25) is 9.59 Å². The van der Waals surface area contributed by atoms with Crippen LogP contribution < -0.4 is 20.3 Å². The maximum atomic E-state index is 13.7. The van der Waals surface area contributed by atoms with Crippen LogP contribution >= 0.6 is 0 Å². The second-order valence-corrected chi connectivity index (χ2v) is 9.52. The van der Waals surface area contributed by atoms with Gasteiger partial charge in [-0.25, -0.2) is 0 Å². The smallest absolute Gasteiger partial charge is 0.299 e. The van der Waals surface area contributed by atoms with Crippen LogP contribution in [0.4, 0.5) is 11.4 Å². The van der Waals surface area contributed by atoms with E-state index in [0.717, 1.165) is 18.7 Å². The summed E-state index contributed by atoms with van der Waals surface area (Å²) in [6.07, 6.45) is 1.51. The van der Waals surface area contributed by atoms with Crippen LogP contribution in [0.2, 0.25) is 0 Å². The summed E-state index contributed by atoms with van der Waals surface area (Å²) in [5, 5.41) is 7.58. The molecule has 0 unspecified atom stereocenters. The second-order valence-electron chi connectivity index (χ2n) is 9.52. The number of aromatic nitrogens is 2. The maximum Gasteiger partial charge on any atom is 0.299 e. The average Bonchev–Trinajstić information content (AvgIpc) is 2.95. The molecule has 1 amide bonds.